The van der Waals surface area contributed by atoms with Gasteiger partial charge in [0.25, 0.3) is 0 Å². The molecule has 0 fully saturated rings. The summed E-state index contributed by atoms with van der Waals surface area (Å²) in [6.45, 7) is 1.45. The molecule has 0 amide bonds. The molecule has 9 heteroatoms. The van der Waals surface area contributed by atoms with Gasteiger partial charge < -0.3 is 10.8 Å². The van der Waals surface area contributed by atoms with E-state index in [0.717, 1.165) is 0 Å². The van der Waals surface area contributed by atoms with Crippen LogP contribution in [0.3, 0.4) is 0 Å². The van der Waals surface area contributed by atoms with Crippen molar-refractivity contribution >= 4 is 16.0 Å². The fourth-order valence-corrected chi connectivity index (χ4v) is 3.79. The number of hydrogen-bond acceptors (Lipinski definition) is 7. The average Bonchev–Trinajstić information content (AvgIpc) is 2.67. The molecule has 0 saturated carbocycles. The minimum atomic E-state index is -3.77. The molecule has 0 aliphatic heterocycles. The molecule has 8 nitrogen and oxygen atoms in total. The number of benzene rings is 1. The lowest BCUT2D eigenvalue weighted by Gasteiger charge is -2.13. The van der Waals surface area contributed by atoms with Crippen LogP contribution in [0.2, 0.25) is 0 Å². The van der Waals surface area contributed by atoms with Crippen LogP contribution in [0.5, 0.6) is 0 Å². The SMILES string of the molecule is C[C@@H](O)CNS(=O)(=O)c1ccccc1-c1ccc(-c2cnc(N)nc2)nc1. The van der Waals surface area contributed by atoms with Gasteiger partial charge in [0.15, 0.2) is 0 Å². The Morgan fingerprint density at radius 2 is 1.70 bits per heavy atom. The molecule has 0 aliphatic rings. The summed E-state index contributed by atoms with van der Waals surface area (Å²) >= 11 is 0. The third-order valence-electron chi connectivity index (χ3n) is 3.79. The van der Waals surface area contributed by atoms with Crippen LogP contribution in [0, 0.1) is 0 Å². The van der Waals surface area contributed by atoms with Crippen molar-refractivity contribution in [2.24, 2.45) is 0 Å². The van der Waals surface area contributed by atoms with Gasteiger partial charge in [-0.25, -0.2) is 23.1 Å². The minimum absolute atomic E-state index is 0.0645. The van der Waals surface area contributed by atoms with Crippen LogP contribution in [0.15, 0.2) is 59.9 Å². The maximum Gasteiger partial charge on any atom is 0.241 e. The molecule has 140 valence electrons. The van der Waals surface area contributed by atoms with Crippen molar-refractivity contribution in [2.75, 3.05) is 12.3 Å². The molecule has 2 aromatic heterocycles. The number of nitrogen functional groups attached to an aromatic ring is 1. The number of pyridine rings is 1. The number of aromatic nitrogens is 3. The van der Waals surface area contributed by atoms with Gasteiger partial charge in [-0.15, -0.1) is 0 Å². The second-order valence-corrected chi connectivity index (χ2v) is 7.69. The predicted octanol–water partition coefficient (Wildman–Crippen LogP) is 1.45. The largest absolute Gasteiger partial charge is 0.392 e. The summed E-state index contributed by atoms with van der Waals surface area (Å²) in [5.74, 6) is 0.180. The number of aliphatic hydroxyl groups excluding tert-OH is 1. The molecule has 1 aromatic carbocycles. The third kappa shape index (κ3) is 4.45. The fraction of sp³-hybridized carbons (Fsp3) is 0.167. The van der Waals surface area contributed by atoms with E-state index in [0.29, 0.717) is 22.4 Å². The van der Waals surface area contributed by atoms with Crippen LogP contribution in [0.4, 0.5) is 5.95 Å². The fourth-order valence-electron chi connectivity index (χ4n) is 2.44. The Morgan fingerprint density at radius 3 is 2.33 bits per heavy atom. The summed E-state index contributed by atoms with van der Waals surface area (Å²) in [6.07, 6.45) is 3.95. The zero-order chi connectivity index (χ0) is 19.4. The van der Waals surface area contributed by atoms with Gasteiger partial charge in [-0.1, -0.05) is 24.3 Å². The van der Waals surface area contributed by atoms with E-state index >= 15 is 0 Å². The molecule has 1 atom stereocenters. The van der Waals surface area contributed by atoms with Gasteiger partial charge in [0.05, 0.1) is 16.7 Å². The molecule has 3 rings (SSSR count). The van der Waals surface area contributed by atoms with E-state index in [1.165, 1.54) is 13.0 Å². The molecule has 4 N–H and O–H groups in total. The number of nitrogens with one attached hydrogen (secondary N) is 1. The number of aliphatic hydroxyl groups is 1. The van der Waals surface area contributed by atoms with E-state index in [-0.39, 0.29) is 17.4 Å². The van der Waals surface area contributed by atoms with E-state index in [4.69, 9.17) is 5.73 Å². The van der Waals surface area contributed by atoms with E-state index in [1.807, 2.05) is 0 Å². The van der Waals surface area contributed by atoms with Crippen molar-refractivity contribution in [3.8, 4) is 22.4 Å². The molecule has 0 saturated heterocycles. The van der Waals surface area contributed by atoms with E-state index in [2.05, 4.69) is 19.7 Å². The monoisotopic (exact) mass is 385 g/mol. The van der Waals surface area contributed by atoms with Crippen molar-refractivity contribution < 1.29 is 13.5 Å². The number of sulfonamides is 1. The summed E-state index contributed by atoms with van der Waals surface area (Å²) in [4.78, 5) is 12.4. The number of anilines is 1. The Morgan fingerprint density at radius 1 is 1.04 bits per heavy atom. The van der Waals surface area contributed by atoms with Crippen LogP contribution in [-0.2, 0) is 10.0 Å². The quantitative estimate of drug-likeness (QED) is 0.585. The van der Waals surface area contributed by atoms with Crippen LogP contribution < -0.4 is 10.5 Å². The highest BCUT2D eigenvalue weighted by Crippen LogP contribution is 2.28. The number of rotatable bonds is 6. The summed E-state index contributed by atoms with van der Waals surface area (Å²) in [5.41, 5.74) is 8.00. The Balaban J connectivity index is 1.94. The molecular formula is C18H19N5O3S. The van der Waals surface area contributed by atoms with Crippen molar-refractivity contribution in [1.29, 1.82) is 0 Å². The van der Waals surface area contributed by atoms with E-state index in [9.17, 15) is 13.5 Å². The van der Waals surface area contributed by atoms with Crippen molar-refractivity contribution in [3.63, 3.8) is 0 Å². The molecular weight excluding hydrogens is 366 g/mol. The zero-order valence-electron chi connectivity index (χ0n) is 14.6. The van der Waals surface area contributed by atoms with Crippen molar-refractivity contribution in [1.82, 2.24) is 19.7 Å². The standard InChI is InChI=1S/C18H19N5O3S/c1-12(24)8-23-27(25,26)17-5-3-2-4-15(17)13-6-7-16(20-9-13)14-10-21-18(19)22-11-14/h2-7,9-12,23-24H,8H2,1H3,(H2,19,21,22)/t12-/m1/s1. The summed E-state index contributed by atoms with van der Waals surface area (Å²) in [5, 5.41) is 9.35. The Labute approximate surface area is 157 Å². The van der Waals surface area contributed by atoms with Gasteiger partial charge in [0.2, 0.25) is 16.0 Å². The topological polar surface area (TPSA) is 131 Å². The third-order valence-corrected chi connectivity index (χ3v) is 5.27. The van der Waals surface area contributed by atoms with Crippen LogP contribution >= 0.6 is 0 Å². The van der Waals surface area contributed by atoms with Crippen LogP contribution in [0.1, 0.15) is 6.92 Å². The number of nitrogens with zero attached hydrogens (tertiary/aromatic N) is 3. The summed E-state index contributed by atoms with van der Waals surface area (Å²) in [6, 6.07) is 10.2. The lowest BCUT2D eigenvalue weighted by atomic mass is 10.1. The normalized spacial score (nSPS) is 12.7. The summed E-state index contributed by atoms with van der Waals surface area (Å²) < 4.78 is 27.6. The van der Waals surface area contributed by atoms with Crippen molar-refractivity contribution in [2.45, 2.75) is 17.9 Å². The second-order valence-electron chi connectivity index (χ2n) is 5.96. The molecule has 2 heterocycles. The maximum absolute atomic E-state index is 12.6. The Hall–Kier alpha value is -2.88. The van der Waals surface area contributed by atoms with Gasteiger partial charge >= 0.3 is 0 Å². The second kappa shape index (κ2) is 7.78. The number of hydrogen-bond donors (Lipinski definition) is 3. The van der Waals surface area contributed by atoms with Gasteiger partial charge in [-0.2, -0.15) is 0 Å². The lowest BCUT2D eigenvalue weighted by Crippen LogP contribution is -2.30. The highest BCUT2D eigenvalue weighted by Gasteiger charge is 2.19. The first-order valence-electron chi connectivity index (χ1n) is 8.18. The van der Waals surface area contributed by atoms with Crippen molar-refractivity contribution in [3.05, 3.63) is 55.0 Å². The molecule has 3 aromatic rings. The van der Waals surface area contributed by atoms with Crippen LogP contribution in [-0.4, -0.2) is 41.1 Å². The average molecular weight is 385 g/mol. The van der Waals surface area contributed by atoms with Gasteiger partial charge in [0.1, 0.15) is 0 Å². The first-order chi connectivity index (χ1) is 12.9. The minimum Gasteiger partial charge on any atom is -0.392 e. The van der Waals surface area contributed by atoms with Crippen LogP contribution in [0.25, 0.3) is 22.4 Å². The molecule has 0 unspecified atom stereocenters. The highest BCUT2D eigenvalue weighted by molar-refractivity contribution is 7.89. The zero-order valence-corrected chi connectivity index (χ0v) is 15.4. The molecule has 0 radical (unpaired) electrons. The molecule has 0 bridgehead atoms. The highest BCUT2D eigenvalue weighted by atomic mass is 32.2. The predicted molar refractivity (Wildman–Crippen MR) is 102 cm³/mol. The van der Waals surface area contributed by atoms with E-state index < -0.39 is 16.1 Å². The first kappa shape index (κ1) is 18.9. The van der Waals surface area contributed by atoms with Gasteiger partial charge in [-0.3, -0.25) is 4.98 Å². The number of nitrogens with two attached hydrogens (primary N) is 1. The Bertz CT molecular complexity index is 1020. The maximum atomic E-state index is 12.6. The summed E-state index contributed by atoms with van der Waals surface area (Å²) in [7, 11) is -3.77. The van der Waals surface area contributed by atoms with Gasteiger partial charge in [0, 0.05) is 41.8 Å². The molecule has 0 aliphatic carbocycles. The first-order valence-corrected chi connectivity index (χ1v) is 9.66. The lowest BCUT2D eigenvalue weighted by molar-refractivity contribution is 0.198. The molecule has 0 spiro atoms. The molecule has 27 heavy (non-hydrogen) atoms. The Kier molecular flexibility index (Phi) is 5.45. The van der Waals surface area contributed by atoms with Gasteiger partial charge in [-0.05, 0) is 19.1 Å². The van der Waals surface area contributed by atoms with E-state index in [1.54, 1.807) is 48.9 Å². The smallest absolute Gasteiger partial charge is 0.241 e.